The number of rotatable bonds is 6. The molecule has 3 heterocycles. The van der Waals surface area contributed by atoms with Gasteiger partial charge in [0, 0.05) is 58.8 Å². The van der Waals surface area contributed by atoms with Crippen molar-refractivity contribution < 1.29 is 9.53 Å². The van der Waals surface area contributed by atoms with E-state index < -0.39 is 0 Å². The molecule has 0 atom stereocenters. The summed E-state index contributed by atoms with van der Waals surface area (Å²) in [6, 6.07) is 6.52. The first-order valence-electron chi connectivity index (χ1n) is 12.0. The summed E-state index contributed by atoms with van der Waals surface area (Å²) in [6.07, 6.45) is 5.52. The maximum absolute atomic E-state index is 12.6. The zero-order valence-corrected chi connectivity index (χ0v) is 18.9. The summed E-state index contributed by atoms with van der Waals surface area (Å²) >= 11 is 0. The summed E-state index contributed by atoms with van der Waals surface area (Å²) in [5, 5.41) is 3.45. The Bertz CT molecular complexity index is 767. The van der Waals surface area contributed by atoms with E-state index in [2.05, 4.69) is 40.2 Å². The number of guanidine groups is 1. The highest BCUT2D eigenvalue weighted by Crippen LogP contribution is 2.26. The molecule has 1 aromatic rings. The maximum atomic E-state index is 12.6. The van der Waals surface area contributed by atoms with Gasteiger partial charge >= 0.3 is 0 Å². The van der Waals surface area contributed by atoms with Crippen molar-refractivity contribution in [2.45, 2.75) is 39.0 Å². The molecule has 4 rings (SSSR count). The van der Waals surface area contributed by atoms with Crippen LogP contribution >= 0.6 is 0 Å². The van der Waals surface area contributed by atoms with Crippen LogP contribution in [0.15, 0.2) is 23.2 Å². The largest absolute Gasteiger partial charge is 0.493 e. The van der Waals surface area contributed by atoms with Gasteiger partial charge in [-0.2, -0.15) is 0 Å². The summed E-state index contributed by atoms with van der Waals surface area (Å²) < 4.78 is 5.60. The molecule has 0 unspecified atom stereocenters. The number of nitrogens with zero attached hydrogens (tertiary/aromatic N) is 4. The number of amides is 1. The smallest absolute Gasteiger partial charge is 0.236 e. The van der Waals surface area contributed by atoms with Gasteiger partial charge in [0.05, 0.1) is 13.2 Å². The Labute approximate surface area is 186 Å². The van der Waals surface area contributed by atoms with Crippen molar-refractivity contribution >= 4 is 11.9 Å². The molecule has 0 radical (unpaired) electrons. The van der Waals surface area contributed by atoms with Crippen LogP contribution in [0.2, 0.25) is 0 Å². The van der Waals surface area contributed by atoms with Gasteiger partial charge in [0.15, 0.2) is 5.96 Å². The topological polar surface area (TPSA) is 60.4 Å². The molecule has 1 aromatic carbocycles. The van der Waals surface area contributed by atoms with Crippen LogP contribution in [0.4, 0.5) is 0 Å². The first kappa shape index (κ1) is 21.9. The lowest BCUT2D eigenvalue weighted by Gasteiger charge is -2.37. The van der Waals surface area contributed by atoms with E-state index in [1.54, 1.807) is 0 Å². The van der Waals surface area contributed by atoms with Crippen LogP contribution in [-0.4, -0.2) is 92.1 Å². The number of ether oxygens (including phenoxy) is 1. The van der Waals surface area contributed by atoms with E-state index in [0.717, 1.165) is 96.4 Å². The molecule has 1 N–H and O–H groups in total. The van der Waals surface area contributed by atoms with Gasteiger partial charge < -0.3 is 19.9 Å². The summed E-state index contributed by atoms with van der Waals surface area (Å²) in [5.41, 5.74) is 2.65. The Morgan fingerprint density at radius 2 is 1.87 bits per heavy atom. The summed E-state index contributed by atoms with van der Waals surface area (Å²) in [5.74, 6) is 2.33. The van der Waals surface area contributed by atoms with Crippen molar-refractivity contribution in [1.29, 1.82) is 0 Å². The van der Waals surface area contributed by atoms with E-state index in [1.165, 1.54) is 17.5 Å². The molecule has 0 spiro atoms. The first-order chi connectivity index (χ1) is 15.2. The second kappa shape index (κ2) is 10.8. The lowest BCUT2D eigenvalue weighted by molar-refractivity contribution is -0.133. The zero-order valence-electron chi connectivity index (χ0n) is 18.9. The highest BCUT2D eigenvalue weighted by Gasteiger charge is 2.24. The fourth-order valence-electron chi connectivity index (χ4n) is 4.66. The summed E-state index contributed by atoms with van der Waals surface area (Å²) in [6.45, 7) is 10.6. The second-order valence-electron chi connectivity index (χ2n) is 8.73. The number of fused-ring (bicyclic) bond motifs is 1. The molecule has 7 heteroatoms. The quantitative estimate of drug-likeness (QED) is 0.554. The average Bonchev–Trinajstić information content (AvgIpc) is 3.28. The van der Waals surface area contributed by atoms with Crippen LogP contribution in [-0.2, 0) is 17.6 Å². The predicted molar refractivity (Wildman–Crippen MR) is 124 cm³/mol. The van der Waals surface area contributed by atoms with Gasteiger partial charge in [0.1, 0.15) is 5.75 Å². The van der Waals surface area contributed by atoms with Gasteiger partial charge in [-0.1, -0.05) is 12.1 Å². The van der Waals surface area contributed by atoms with Crippen LogP contribution in [0.1, 0.15) is 37.3 Å². The molecule has 31 heavy (non-hydrogen) atoms. The third kappa shape index (κ3) is 5.91. The lowest BCUT2D eigenvalue weighted by atomic mass is 10.1. The molecule has 0 bridgehead atoms. The van der Waals surface area contributed by atoms with Crippen LogP contribution < -0.4 is 10.1 Å². The van der Waals surface area contributed by atoms with Crippen LogP contribution in [0, 0.1) is 0 Å². The van der Waals surface area contributed by atoms with Crippen LogP contribution in [0.5, 0.6) is 5.75 Å². The number of hydrogen-bond acceptors (Lipinski definition) is 4. The minimum Gasteiger partial charge on any atom is -0.493 e. The number of piperidine rings is 1. The van der Waals surface area contributed by atoms with E-state index in [1.807, 2.05) is 4.90 Å². The van der Waals surface area contributed by atoms with Gasteiger partial charge in [-0.05, 0) is 49.8 Å². The standard InChI is InChI=1S/C24H37N5O2/c1-2-25-24(26-10-8-20-6-7-22-21(18-20)9-17-31-22)29-15-13-27(14-16-29)19-23(30)28-11-4-3-5-12-28/h6-7,18H,2-5,8-17,19H2,1H3,(H,25,26). The molecule has 7 nitrogen and oxygen atoms in total. The number of hydrogen-bond donors (Lipinski definition) is 1. The molecule has 2 saturated heterocycles. The summed E-state index contributed by atoms with van der Waals surface area (Å²) in [4.78, 5) is 24.1. The molecular formula is C24H37N5O2. The maximum Gasteiger partial charge on any atom is 0.236 e. The molecule has 0 saturated carbocycles. The first-order valence-corrected chi connectivity index (χ1v) is 12.0. The minimum atomic E-state index is 0.300. The van der Waals surface area contributed by atoms with Crippen molar-refractivity contribution in [3.05, 3.63) is 29.3 Å². The van der Waals surface area contributed by atoms with E-state index in [9.17, 15) is 4.79 Å². The van der Waals surface area contributed by atoms with Gasteiger partial charge in [0.2, 0.25) is 5.91 Å². The number of nitrogens with one attached hydrogen (secondary N) is 1. The Balaban J connectivity index is 1.25. The van der Waals surface area contributed by atoms with Crippen molar-refractivity contribution in [1.82, 2.24) is 20.0 Å². The highest BCUT2D eigenvalue weighted by atomic mass is 16.5. The Kier molecular flexibility index (Phi) is 7.67. The molecule has 0 aliphatic carbocycles. The van der Waals surface area contributed by atoms with Gasteiger partial charge in [-0.25, -0.2) is 0 Å². The fraction of sp³-hybridized carbons (Fsp3) is 0.667. The average molecular weight is 428 g/mol. The van der Waals surface area contributed by atoms with Gasteiger partial charge in [0.25, 0.3) is 0 Å². The predicted octanol–water partition coefficient (Wildman–Crippen LogP) is 1.76. The number of carbonyl (C=O) groups is 1. The number of likely N-dealkylation sites (tertiary alicyclic amines) is 1. The van der Waals surface area contributed by atoms with E-state index >= 15 is 0 Å². The molecule has 2 fully saturated rings. The van der Waals surface area contributed by atoms with E-state index in [0.29, 0.717) is 12.5 Å². The SMILES string of the molecule is CCNC(=NCCc1ccc2c(c1)CCO2)N1CCN(CC(=O)N2CCCCC2)CC1. The molecule has 0 aromatic heterocycles. The molecule has 3 aliphatic rings. The van der Waals surface area contributed by atoms with E-state index in [4.69, 9.17) is 9.73 Å². The monoisotopic (exact) mass is 427 g/mol. The summed E-state index contributed by atoms with van der Waals surface area (Å²) in [7, 11) is 0. The van der Waals surface area contributed by atoms with Gasteiger partial charge in [-0.3, -0.25) is 14.7 Å². The third-order valence-electron chi connectivity index (χ3n) is 6.49. The molecule has 3 aliphatic heterocycles. The van der Waals surface area contributed by atoms with Gasteiger partial charge in [-0.15, -0.1) is 0 Å². The molecular weight excluding hydrogens is 390 g/mol. The Morgan fingerprint density at radius 1 is 1.06 bits per heavy atom. The highest BCUT2D eigenvalue weighted by molar-refractivity contribution is 5.80. The number of carbonyl (C=O) groups excluding carboxylic acids is 1. The number of piperazine rings is 1. The van der Waals surface area contributed by atoms with Crippen LogP contribution in [0.3, 0.4) is 0 Å². The van der Waals surface area contributed by atoms with E-state index in [-0.39, 0.29) is 0 Å². The van der Waals surface area contributed by atoms with Crippen molar-refractivity contribution in [2.75, 3.05) is 65.5 Å². The minimum absolute atomic E-state index is 0.300. The van der Waals surface area contributed by atoms with Crippen LogP contribution in [0.25, 0.3) is 0 Å². The number of aliphatic imine (C=N–C) groups is 1. The Morgan fingerprint density at radius 3 is 2.65 bits per heavy atom. The molecule has 170 valence electrons. The fourth-order valence-corrected chi connectivity index (χ4v) is 4.66. The number of benzene rings is 1. The third-order valence-corrected chi connectivity index (χ3v) is 6.49. The van der Waals surface area contributed by atoms with Crippen molar-refractivity contribution in [3.63, 3.8) is 0 Å². The molecule has 1 amide bonds. The zero-order chi connectivity index (χ0) is 21.5. The Hall–Kier alpha value is -2.28. The van der Waals surface area contributed by atoms with Crippen molar-refractivity contribution in [3.8, 4) is 5.75 Å². The second-order valence-corrected chi connectivity index (χ2v) is 8.73. The lowest BCUT2D eigenvalue weighted by Crippen LogP contribution is -2.54. The normalized spacial score (nSPS) is 19.8. The van der Waals surface area contributed by atoms with Crippen molar-refractivity contribution in [2.24, 2.45) is 4.99 Å².